The van der Waals surface area contributed by atoms with Crippen molar-refractivity contribution in [1.82, 2.24) is 10.6 Å². The average molecular weight is 170 g/mol. The summed E-state index contributed by atoms with van der Waals surface area (Å²) in [6.07, 6.45) is 6.91. The molecule has 0 spiro atoms. The van der Waals surface area contributed by atoms with E-state index in [0.29, 0.717) is 0 Å². The first kappa shape index (κ1) is 10.0. The summed E-state index contributed by atoms with van der Waals surface area (Å²) in [6, 6.07) is 0.746. The van der Waals surface area contributed by atoms with Crippen molar-refractivity contribution in [2.24, 2.45) is 0 Å². The lowest BCUT2D eigenvalue weighted by Crippen LogP contribution is -2.48. The fraction of sp³-hybridized carbons (Fsp3) is 1.00. The van der Waals surface area contributed by atoms with Crippen LogP contribution in [0, 0.1) is 0 Å². The van der Waals surface area contributed by atoms with Crippen LogP contribution in [0.3, 0.4) is 0 Å². The number of piperazine rings is 1. The molecule has 0 bridgehead atoms. The largest absolute Gasteiger partial charge is 0.314 e. The van der Waals surface area contributed by atoms with Gasteiger partial charge in [0.25, 0.3) is 0 Å². The lowest BCUT2D eigenvalue weighted by Gasteiger charge is -2.24. The highest BCUT2D eigenvalue weighted by atomic mass is 15.0. The first-order valence-electron chi connectivity index (χ1n) is 5.37. The number of hydrogen-bond donors (Lipinski definition) is 2. The molecule has 12 heavy (non-hydrogen) atoms. The molecule has 1 heterocycles. The van der Waals surface area contributed by atoms with Crippen LogP contribution in [-0.4, -0.2) is 25.7 Å². The highest BCUT2D eigenvalue weighted by Gasteiger charge is 2.10. The minimum Gasteiger partial charge on any atom is -0.314 e. The summed E-state index contributed by atoms with van der Waals surface area (Å²) in [7, 11) is 0. The first-order chi connectivity index (χ1) is 5.93. The second-order valence-electron chi connectivity index (χ2n) is 3.70. The van der Waals surface area contributed by atoms with E-state index in [0.717, 1.165) is 19.1 Å². The molecule has 0 aromatic rings. The van der Waals surface area contributed by atoms with Gasteiger partial charge >= 0.3 is 0 Å². The Morgan fingerprint density at radius 2 is 2.08 bits per heavy atom. The molecule has 0 aliphatic carbocycles. The van der Waals surface area contributed by atoms with Gasteiger partial charge in [-0.25, -0.2) is 0 Å². The van der Waals surface area contributed by atoms with Crippen LogP contribution in [0.2, 0.25) is 0 Å². The predicted octanol–water partition coefficient (Wildman–Crippen LogP) is 1.52. The summed E-state index contributed by atoms with van der Waals surface area (Å²) in [5.74, 6) is 0. The van der Waals surface area contributed by atoms with Crippen LogP contribution in [0.5, 0.6) is 0 Å². The van der Waals surface area contributed by atoms with E-state index in [4.69, 9.17) is 0 Å². The molecule has 2 nitrogen and oxygen atoms in total. The molecule has 1 aliphatic rings. The average Bonchev–Trinajstić information content (AvgIpc) is 2.14. The molecular weight excluding hydrogens is 148 g/mol. The van der Waals surface area contributed by atoms with E-state index >= 15 is 0 Å². The van der Waals surface area contributed by atoms with Crippen molar-refractivity contribution < 1.29 is 0 Å². The smallest absolute Gasteiger partial charge is 0.0193 e. The Labute approximate surface area is 76.1 Å². The summed E-state index contributed by atoms with van der Waals surface area (Å²) >= 11 is 0. The third kappa shape index (κ3) is 4.07. The number of rotatable bonds is 5. The Morgan fingerprint density at radius 1 is 1.17 bits per heavy atom. The van der Waals surface area contributed by atoms with E-state index < -0.39 is 0 Å². The van der Waals surface area contributed by atoms with Crippen molar-refractivity contribution in [2.45, 2.75) is 45.1 Å². The topological polar surface area (TPSA) is 24.1 Å². The molecule has 0 amide bonds. The van der Waals surface area contributed by atoms with Gasteiger partial charge in [-0.05, 0) is 6.42 Å². The van der Waals surface area contributed by atoms with Crippen LogP contribution >= 0.6 is 0 Å². The van der Waals surface area contributed by atoms with Gasteiger partial charge in [0, 0.05) is 25.7 Å². The molecule has 2 heteroatoms. The van der Waals surface area contributed by atoms with Gasteiger partial charge in [-0.1, -0.05) is 32.6 Å². The van der Waals surface area contributed by atoms with Crippen molar-refractivity contribution in [1.29, 1.82) is 0 Å². The number of hydrogen-bond acceptors (Lipinski definition) is 2. The fourth-order valence-electron chi connectivity index (χ4n) is 1.73. The van der Waals surface area contributed by atoms with Gasteiger partial charge in [-0.2, -0.15) is 0 Å². The summed E-state index contributed by atoms with van der Waals surface area (Å²) in [5, 5.41) is 6.95. The van der Waals surface area contributed by atoms with Crippen LogP contribution in [-0.2, 0) is 0 Å². The van der Waals surface area contributed by atoms with E-state index in [-0.39, 0.29) is 0 Å². The summed E-state index contributed by atoms with van der Waals surface area (Å²) in [6.45, 7) is 5.73. The molecule has 0 aromatic heterocycles. The predicted molar refractivity (Wildman–Crippen MR) is 53.4 cm³/mol. The van der Waals surface area contributed by atoms with Gasteiger partial charge in [-0.3, -0.25) is 0 Å². The monoisotopic (exact) mass is 170 g/mol. The third-order valence-corrected chi connectivity index (χ3v) is 2.53. The zero-order chi connectivity index (χ0) is 8.65. The van der Waals surface area contributed by atoms with Crippen LogP contribution in [0.4, 0.5) is 0 Å². The lowest BCUT2D eigenvalue weighted by molar-refractivity contribution is 0.387. The molecule has 1 rings (SSSR count). The molecule has 1 saturated heterocycles. The Hall–Kier alpha value is -0.0800. The quantitative estimate of drug-likeness (QED) is 0.611. The maximum atomic E-state index is 3.53. The minimum absolute atomic E-state index is 0.746. The molecule has 0 saturated carbocycles. The van der Waals surface area contributed by atoms with Crippen molar-refractivity contribution >= 4 is 0 Å². The molecule has 72 valence electrons. The van der Waals surface area contributed by atoms with Gasteiger partial charge in [0.1, 0.15) is 0 Å². The number of unbranched alkanes of at least 4 members (excludes halogenated alkanes) is 3. The Kier molecular flexibility index (Phi) is 5.37. The summed E-state index contributed by atoms with van der Waals surface area (Å²) in [5.41, 5.74) is 0. The zero-order valence-electron chi connectivity index (χ0n) is 8.23. The van der Waals surface area contributed by atoms with Gasteiger partial charge < -0.3 is 10.6 Å². The van der Waals surface area contributed by atoms with Crippen molar-refractivity contribution in [2.75, 3.05) is 19.6 Å². The maximum Gasteiger partial charge on any atom is 0.0193 e. The highest BCUT2D eigenvalue weighted by molar-refractivity contribution is 4.74. The molecular formula is C10H22N2. The second-order valence-corrected chi connectivity index (χ2v) is 3.70. The van der Waals surface area contributed by atoms with Crippen molar-refractivity contribution in [3.8, 4) is 0 Å². The molecule has 0 aromatic carbocycles. The number of nitrogens with one attached hydrogen (secondary N) is 2. The van der Waals surface area contributed by atoms with E-state index in [9.17, 15) is 0 Å². The fourth-order valence-corrected chi connectivity index (χ4v) is 1.73. The van der Waals surface area contributed by atoms with Gasteiger partial charge in [-0.15, -0.1) is 0 Å². The maximum absolute atomic E-state index is 3.53. The molecule has 2 N–H and O–H groups in total. The van der Waals surface area contributed by atoms with Crippen LogP contribution in [0.15, 0.2) is 0 Å². The van der Waals surface area contributed by atoms with E-state index in [1.807, 2.05) is 0 Å². The van der Waals surface area contributed by atoms with E-state index in [1.165, 1.54) is 38.6 Å². The summed E-state index contributed by atoms with van der Waals surface area (Å²) < 4.78 is 0. The van der Waals surface area contributed by atoms with Gasteiger partial charge in [0.05, 0.1) is 0 Å². The SMILES string of the molecule is CCCCCCC1CNCCN1. The molecule has 1 unspecified atom stereocenters. The normalized spacial score (nSPS) is 24.2. The first-order valence-corrected chi connectivity index (χ1v) is 5.37. The Balaban J connectivity index is 1.91. The van der Waals surface area contributed by atoms with Crippen LogP contribution < -0.4 is 10.6 Å². The molecule has 1 fully saturated rings. The van der Waals surface area contributed by atoms with Gasteiger partial charge in [0.15, 0.2) is 0 Å². The molecule has 1 aliphatic heterocycles. The molecule has 1 atom stereocenters. The Bertz CT molecular complexity index is 98.0. The van der Waals surface area contributed by atoms with Crippen molar-refractivity contribution in [3.63, 3.8) is 0 Å². The van der Waals surface area contributed by atoms with E-state index in [2.05, 4.69) is 17.6 Å². The summed E-state index contributed by atoms with van der Waals surface area (Å²) in [4.78, 5) is 0. The zero-order valence-corrected chi connectivity index (χ0v) is 8.23. The standard InChI is InChI=1S/C10H22N2/c1-2-3-4-5-6-10-9-11-7-8-12-10/h10-12H,2-9H2,1H3. The van der Waals surface area contributed by atoms with Crippen LogP contribution in [0.25, 0.3) is 0 Å². The highest BCUT2D eigenvalue weighted by Crippen LogP contribution is 2.05. The minimum atomic E-state index is 0.746. The second kappa shape index (κ2) is 6.44. The lowest BCUT2D eigenvalue weighted by atomic mass is 10.1. The molecule has 0 radical (unpaired) electrons. The van der Waals surface area contributed by atoms with Crippen molar-refractivity contribution in [3.05, 3.63) is 0 Å². The van der Waals surface area contributed by atoms with E-state index in [1.54, 1.807) is 0 Å². The Morgan fingerprint density at radius 3 is 2.75 bits per heavy atom. The third-order valence-electron chi connectivity index (χ3n) is 2.53. The van der Waals surface area contributed by atoms with Crippen LogP contribution in [0.1, 0.15) is 39.0 Å². The van der Waals surface area contributed by atoms with Gasteiger partial charge in [0.2, 0.25) is 0 Å².